The molecule has 4 rings (SSSR count). The maximum atomic E-state index is 12.9. The third-order valence-corrected chi connectivity index (χ3v) is 5.18. The van der Waals surface area contributed by atoms with Crippen LogP contribution >= 0.6 is 0 Å². The summed E-state index contributed by atoms with van der Waals surface area (Å²) >= 11 is 0. The van der Waals surface area contributed by atoms with Crippen LogP contribution in [-0.2, 0) is 0 Å². The van der Waals surface area contributed by atoms with Crippen LogP contribution in [0.2, 0.25) is 0 Å². The molecule has 0 radical (unpaired) electrons. The second kappa shape index (κ2) is 7.27. The standard InChI is InChI=1S/C22H22N2O3/c1-26-20-8-7-16(12-21(20)27-2)22(25)24-10-9-18(14-24)19-11-15-5-3-4-6-17(15)13-23-19/h3-8,11-13,18H,9-10,14H2,1-2H3/t18-/m1/s1. The number of ether oxygens (including phenoxy) is 2. The Labute approximate surface area is 158 Å². The molecule has 1 aliphatic heterocycles. The molecular formula is C22H22N2O3. The third kappa shape index (κ3) is 3.33. The first-order valence-corrected chi connectivity index (χ1v) is 9.05. The summed E-state index contributed by atoms with van der Waals surface area (Å²) in [6.07, 6.45) is 2.84. The summed E-state index contributed by atoms with van der Waals surface area (Å²) in [6.45, 7) is 1.41. The highest BCUT2D eigenvalue weighted by Crippen LogP contribution is 2.31. The fraction of sp³-hybridized carbons (Fsp3) is 0.273. The van der Waals surface area contributed by atoms with E-state index in [0.717, 1.165) is 24.0 Å². The average Bonchev–Trinajstić information content (AvgIpc) is 3.22. The van der Waals surface area contributed by atoms with Crippen molar-refractivity contribution in [1.82, 2.24) is 9.88 Å². The molecule has 0 bridgehead atoms. The zero-order valence-corrected chi connectivity index (χ0v) is 15.5. The van der Waals surface area contributed by atoms with Gasteiger partial charge in [-0.25, -0.2) is 0 Å². The van der Waals surface area contributed by atoms with Gasteiger partial charge in [0.25, 0.3) is 5.91 Å². The largest absolute Gasteiger partial charge is 0.493 e. The Morgan fingerprint density at radius 2 is 1.81 bits per heavy atom. The molecule has 1 fully saturated rings. The number of fused-ring (bicyclic) bond motifs is 1. The van der Waals surface area contributed by atoms with Gasteiger partial charge >= 0.3 is 0 Å². The van der Waals surface area contributed by atoms with Gasteiger partial charge in [-0.2, -0.15) is 0 Å². The molecule has 27 heavy (non-hydrogen) atoms. The molecule has 1 amide bonds. The Balaban J connectivity index is 1.52. The highest BCUT2D eigenvalue weighted by Gasteiger charge is 2.29. The van der Waals surface area contributed by atoms with E-state index >= 15 is 0 Å². The monoisotopic (exact) mass is 362 g/mol. The molecule has 0 N–H and O–H groups in total. The van der Waals surface area contributed by atoms with Crippen molar-refractivity contribution in [3.05, 3.63) is 66.0 Å². The quantitative estimate of drug-likeness (QED) is 0.707. The van der Waals surface area contributed by atoms with Gasteiger partial charge in [0.1, 0.15) is 0 Å². The fourth-order valence-corrected chi connectivity index (χ4v) is 3.66. The molecule has 2 heterocycles. The molecule has 5 nitrogen and oxygen atoms in total. The number of amides is 1. The van der Waals surface area contributed by atoms with Gasteiger partial charge in [0.05, 0.1) is 14.2 Å². The van der Waals surface area contributed by atoms with Crippen LogP contribution in [0.25, 0.3) is 10.8 Å². The van der Waals surface area contributed by atoms with Crippen LogP contribution in [0.5, 0.6) is 11.5 Å². The Hall–Kier alpha value is -3.08. The van der Waals surface area contributed by atoms with Crippen LogP contribution in [0.4, 0.5) is 0 Å². The Morgan fingerprint density at radius 1 is 1.04 bits per heavy atom. The van der Waals surface area contributed by atoms with E-state index in [1.165, 1.54) is 5.39 Å². The summed E-state index contributed by atoms with van der Waals surface area (Å²) in [7, 11) is 3.16. The Kier molecular flexibility index (Phi) is 4.67. The second-order valence-electron chi connectivity index (χ2n) is 6.76. The number of hydrogen-bond acceptors (Lipinski definition) is 4. The predicted molar refractivity (Wildman–Crippen MR) is 105 cm³/mol. The molecule has 1 aromatic heterocycles. The second-order valence-corrected chi connectivity index (χ2v) is 6.76. The zero-order chi connectivity index (χ0) is 18.8. The highest BCUT2D eigenvalue weighted by atomic mass is 16.5. The van der Waals surface area contributed by atoms with Gasteiger partial charge < -0.3 is 14.4 Å². The summed E-state index contributed by atoms with van der Waals surface area (Å²) in [5.74, 6) is 1.46. The number of likely N-dealkylation sites (tertiary alicyclic amines) is 1. The van der Waals surface area contributed by atoms with Crippen molar-refractivity contribution in [2.75, 3.05) is 27.3 Å². The van der Waals surface area contributed by atoms with Gasteiger partial charge in [0, 0.05) is 41.8 Å². The maximum absolute atomic E-state index is 12.9. The number of methoxy groups -OCH3 is 2. The van der Waals surface area contributed by atoms with Crippen LogP contribution < -0.4 is 9.47 Å². The van der Waals surface area contributed by atoms with E-state index in [4.69, 9.17) is 9.47 Å². The number of benzene rings is 2. The predicted octanol–water partition coefficient (Wildman–Crippen LogP) is 3.88. The SMILES string of the molecule is COc1ccc(C(=O)N2CC[C@@H](c3cc4ccccc4cn3)C2)cc1OC. The molecule has 138 valence electrons. The van der Waals surface area contributed by atoms with Crippen LogP contribution in [0.1, 0.15) is 28.4 Å². The van der Waals surface area contributed by atoms with Gasteiger partial charge in [0.15, 0.2) is 11.5 Å². The molecule has 0 aliphatic carbocycles. The van der Waals surface area contributed by atoms with E-state index in [9.17, 15) is 4.79 Å². The van der Waals surface area contributed by atoms with Crippen molar-refractivity contribution in [3.8, 4) is 11.5 Å². The van der Waals surface area contributed by atoms with E-state index in [0.29, 0.717) is 23.6 Å². The number of pyridine rings is 1. The number of aromatic nitrogens is 1. The highest BCUT2D eigenvalue weighted by molar-refractivity contribution is 5.95. The number of nitrogens with zero attached hydrogens (tertiary/aromatic N) is 2. The molecule has 5 heteroatoms. The first-order valence-electron chi connectivity index (χ1n) is 9.05. The van der Waals surface area contributed by atoms with Crippen molar-refractivity contribution in [3.63, 3.8) is 0 Å². The Morgan fingerprint density at radius 3 is 2.59 bits per heavy atom. The molecule has 0 unspecified atom stereocenters. The van der Waals surface area contributed by atoms with Gasteiger partial charge in [-0.1, -0.05) is 24.3 Å². The van der Waals surface area contributed by atoms with Crippen LogP contribution in [0.3, 0.4) is 0 Å². The lowest BCUT2D eigenvalue weighted by molar-refractivity contribution is 0.0790. The maximum Gasteiger partial charge on any atom is 0.254 e. The summed E-state index contributed by atoms with van der Waals surface area (Å²) in [5.41, 5.74) is 1.66. The van der Waals surface area contributed by atoms with E-state index in [1.807, 2.05) is 23.2 Å². The first kappa shape index (κ1) is 17.3. The number of carbonyl (C=O) groups excluding carboxylic acids is 1. The third-order valence-electron chi connectivity index (χ3n) is 5.18. The van der Waals surface area contributed by atoms with Crippen molar-refractivity contribution in [2.24, 2.45) is 0 Å². The lowest BCUT2D eigenvalue weighted by Gasteiger charge is -2.18. The minimum atomic E-state index is 0.0132. The molecule has 2 aromatic carbocycles. The van der Waals surface area contributed by atoms with E-state index < -0.39 is 0 Å². The van der Waals surface area contributed by atoms with Crippen molar-refractivity contribution in [2.45, 2.75) is 12.3 Å². The number of rotatable bonds is 4. The van der Waals surface area contributed by atoms with Crippen molar-refractivity contribution in [1.29, 1.82) is 0 Å². The summed E-state index contributed by atoms with van der Waals surface area (Å²) in [4.78, 5) is 19.4. The molecule has 1 saturated heterocycles. The smallest absolute Gasteiger partial charge is 0.254 e. The molecular weight excluding hydrogens is 340 g/mol. The van der Waals surface area contributed by atoms with E-state index in [1.54, 1.807) is 32.4 Å². The van der Waals surface area contributed by atoms with Crippen LogP contribution in [0.15, 0.2) is 54.7 Å². The summed E-state index contributed by atoms with van der Waals surface area (Å²) in [6, 6.07) is 15.6. The van der Waals surface area contributed by atoms with Crippen LogP contribution in [-0.4, -0.2) is 43.1 Å². The minimum Gasteiger partial charge on any atom is -0.493 e. The number of carbonyl (C=O) groups is 1. The average molecular weight is 362 g/mol. The molecule has 1 atom stereocenters. The molecule has 3 aromatic rings. The molecule has 0 saturated carbocycles. The van der Waals surface area contributed by atoms with Crippen molar-refractivity contribution < 1.29 is 14.3 Å². The summed E-state index contributed by atoms with van der Waals surface area (Å²) < 4.78 is 10.6. The minimum absolute atomic E-state index is 0.0132. The summed E-state index contributed by atoms with van der Waals surface area (Å²) in [5, 5.41) is 2.32. The first-order chi connectivity index (χ1) is 13.2. The zero-order valence-electron chi connectivity index (χ0n) is 15.5. The molecule has 0 spiro atoms. The van der Waals surface area contributed by atoms with Gasteiger partial charge in [-0.05, 0) is 36.1 Å². The van der Waals surface area contributed by atoms with Gasteiger partial charge in [0.2, 0.25) is 0 Å². The van der Waals surface area contributed by atoms with Gasteiger partial charge in [-0.3, -0.25) is 9.78 Å². The van der Waals surface area contributed by atoms with E-state index in [-0.39, 0.29) is 11.8 Å². The topological polar surface area (TPSA) is 51.7 Å². The molecule has 1 aliphatic rings. The lowest BCUT2D eigenvalue weighted by Crippen LogP contribution is -2.28. The Bertz CT molecular complexity index is 986. The number of hydrogen-bond donors (Lipinski definition) is 0. The van der Waals surface area contributed by atoms with Crippen molar-refractivity contribution >= 4 is 16.7 Å². The normalized spacial score (nSPS) is 16.5. The fourth-order valence-electron chi connectivity index (χ4n) is 3.66. The van der Waals surface area contributed by atoms with Gasteiger partial charge in [-0.15, -0.1) is 0 Å². The lowest BCUT2D eigenvalue weighted by atomic mass is 10.0. The van der Waals surface area contributed by atoms with Crippen LogP contribution in [0, 0.1) is 0 Å². The van der Waals surface area contributed by atoms with E-state index in [2.05, 4.69) is 23.2 Å².